The molecule has 0 fully saturated rings. The molecule has 0 amide bonds. The van der Waals surface area contributed by atoms with Gasteiger partial charge in [-0.2, -0.15) is 0 Å². The van der Waals surface area contributed by atoms with Gasteiger partial charge in [0.15, 0.2) is 0 Å². The van der Waals surface area contributed by atoms with Crippen LogP contribution in [0.1, 0.15) is 71.1 Å². The molecule has 0 saturated carbocycles. The molecule has 0 aliphatic heterocycles. The monoisotopic (exact) mass is 404 g/mol. The van der Waals surface area contributed by atoms with E-state index in [4.69, 9.17) is 14.9 Å². The van der Waals surface area contributed by atoms with Gasteiger partial charge in [-0.15, -0.1) is 0 Å². The second kappa shape index (κ2) is 22.4. The molecule has 0 bridgehead atoms. The van der Waals surface area contributed by atoms with Gasteiger partial charge in [-0.3, -0.25) is 4.79 Å². The minimum atomic E-state index is -0.994. The third-order valence-corrected chi connectivity index (χ3v) is 4.06. The molecule has 2 N–H and O–H groups in total. The quantitative estimate of drug-likeness (QED) is 0.178. The van der Waals surface area contributed by atoms with E-state index in [1.807, 2.05) is 12.2 Å². The maximum atomic E-state index is 11.4. The number of hydrogen-bond donors (Lipinski definition) is 2. The average Bonchev–Trinajstić information content (AvgIpc) is 2.73. The summed E-state index contributed by atoms with van der Waals surface area (Å²) in [5.74, 6) is -0.361. The van der Waals surface area contributed by atoms with Gasteiger partial charge in [-0.25, -0.2) is 0 Å². The van der Waals surface area contributed by atoms with Crippen molar-refractivity contribution in [1.82, 2.24) is 0 Å². The van der Waals surface area contributed by atoms with Crippen molar-refractivity contribution in [1.29, 1.82) is 0 Å². The highest BCUT2D eigenvalue weighted by Gasteiger charge is 2.06. The first-order chi connectivity index (χ1) is 14.2. The molecule has 164 valence electrons. The highest BCUT2D eigenvalue weighted by Crippen LogP contribution is 2.01. The largest absolute Gasteiger partial charge is 0.463 e. The van der Waals surface area contributed by atoms with E-state index < -0.39 is 12.7 Å². The number of unbranched alkanes of at least 4 members (excludes halogenated alkanes) is 3. The Kier molecular flexibility index (Phi) is 20.9. The van der Waals surface area contributed by atoms with E-state index in [2.05, 4.69) is 55.5 Å². The first-order valence-electron chi connectivity index (χ1n) is 10.9. The van der Waals surface area contributed by atoms with Crippen LogP contribution in [0.4, 0.5) is 0 Å². The van der Waals surface area contributed by atoms with Gasteiger partial charge in [0, 0.05) is 6.42 Å². The van der Waals surface area contributed by atoms with E-state index >= 15 is 0 Å². The number of rotatable bonds is 18. The maximum Gasteiger partial charge on any atom is 0.306 e. The Labute approximate surface area is 177 Å². The minimum absolute atomic E-state index is 0.152. The minimum Gasteiger partial charge on any atom is -0.463 e. The Morgan fingerprint density at radius 1 is 0.793 bits per heavy atom. The fourth-order valence-corrected chi connectivity index (χ4v) is 2.35. The zero-order valence-corrected chi connectivity index (χ0v) is 18.0. The summed E-state index contributed by atoms with van der Waals surface area (Å²) in [4.78, 5) is 11.4. The van der Waals surface area contributed by atoms with Crippen LogP contribution in [-0.4, -0.2) is 35.5 Å². The predicted molar refractivity (Wildman–Crippen MR) is 122 cm³/mol. The van der Waals surface area contributed by atoms with Gasteiger partial charge < -0.3 is 14.9 Å². The fraction of sp³-hybridized carbons (Fsp3) is 0.560. The van der Waals surface area contributed by atoms with E-state index in [1.165, 1.54) is 25.7 Å². The van der Waals surface area contributed by atoms with Crippen LogP contribution in [0.5, 0.6) is 0 Å². The van der Waals surface area contributed by atoms with Gasteiger partial charge in [0.05, 0.1) is 6.61 Å². The van der Waals surface area contributed by atoms with Crippen LogP contribution >= 0.6 is 0 Å². The Morgan fingerprint density at radius 3 is 1.76 bits per heavy atom. The van der Waals surface area contributed by atoms with Crippen molar-refractivity contribution >= 4 is 5.97 Å². The van der Waals surface area contributed by atoms with Crippen LogP contribution in [-0.2, 0) is 9.53 Å². The lowest BCUT2D eigenvalue weighted by Gasteiger charge is -2.07. The molecule has 4 heteroatoms. The molecule has 0 aliphatic carbocycles. The predicted octanol–water partition coefficient (Wildman–Crippen LogP) is 5.58. The summed E-state index contributed by atoms with van der Waals surface area (Å²) >= 11 is 0. The maximum absolute atomic E-state index is 11.4. The van der Waals surface area contributed by atoms with Crippen LogP contribution < -0.4 is 0 Å². The molecule has 0 heterocycles. The summed E-state index contributed by atoms with van der Waals surface area (Å²) in [6.07, 6.45) is 30.3. The van der Waals surface area contributed by atoms with Gasteiger partial charge in [-0.1, -0.05) is 80.5 Å². The number of aliphatic hydroxyl groups is 2. The van der Waals surface area contributed by atoms with E-state index in [0.29, 0.717) is 6.42 Å². The smallest absolute Gasteiger partial charge is 0.306 e. The van der Waals surface area contributed by atoms with Crippen molar-refractivity contribution in [3.8, 4) is 0 Å². The molecule has 0 aromatic carbocycles. The van der Waals surface area contributed by atoms with Crippen molar-refractivity contribution in [2.45, 2.75) is 77.2 Å². The van der Waals surface area contributed by atoms with Gasteiger partial charge in [0.2, 0.25) is 0 Å². The third kappa shape index (κ3) is 22.2. The molecule has 0 radical (unpaired) electrons. The Morgan fingerprint density at radius 2 is 1.28 bits per heavy atom. The summed E-state index contributed by atoms with van der Waals surface area (Å²) in [5.41, 5.74) is 0. The molecule has 1 atom stereocenters. The molecular formula is C25H40O4. The SMILES string of the molecule is CCCCCC=CCC=CCC=CCC=CCC=CCCC(=O)OCC(O)CO. The lowest BCUT2D eigenvalue weighted by Crippen LogP contribution is -2.21. The van der Waals surface area contributed by atoms with Crippen LogP contribution in [0.2, 0.25) is 0 Å². The number of carbonyl (C=O) groups is 1. The molecule has 0 aliphatic rings. The first-order valence-corrected chi connectivity index (χ1v) is 10.9. The van der Waals surface area contributed by atoms with Crippen molar-refractivity contribution in [2.75, 3.05) is 13.2 Å². The second-order valence-electron chi connectivity index (χ2n) is 6.85. The third-order valence-electron chi connectivity index (χ3n) is 4.06. The molecule has 1 unspecified atom stereocenters. The molecule has 0 aromatic heterocycles. The van der Waals surface area contributed by atoms with E-state index in [0.717, 1.165) is 25.7 Å². The normalized spacial score (nSPS) is 13.6. The van der Waals surface area contributed by atoms with E-state index in [-0.39, 0.29) is 19.0 Å². The number of allylic oxidation sites excluding steroid dienone is 10. The molecule has 0 saturated heterocycles. The number of carbonyl (C=O) groups excluding carboxylic acids is 1. The number of esters is 1. The summed E-state index contributed by atoms with van der Waals surface area (Å²) in [6.45, 7) is 1.68. The lowest BCUT2D eigenvalue weighted by molar-refractivity contribution is -0.147. The molecule has 4 nitrogen and oxygen atoms in total. The van der Waals surface area contributed by atoms with Gasteiger partial charge >= 0.3 is 5.97 Å². The highest BCUT2D eigenvalue weighted by atomic mass is 16.5. The summed E-state index contributed by atoms with van der Waals surface area (Å²) < 4.78 is 4.82. The Balaban J connectivity index is 3.55. The van der Waals surface area contributed by atoms with Crippen molar-refractivity contribution in [3.05, 3.63) is 60.8 Å². The zero-order chi connectivity index (χ0) is 21.4. The van der Waals surface area contributed by atoms with Crippen molar-refractivity contribution < 1.29 is 19.7 Å². The van der Waals surface area contributed by atoms with Crippen LogP contribution in [0.25, 0.3) is 0 Å². The second-order valence-corrected chi connectivity index (χ2v) is 6.85. The molecule has 29 heavy (non-hydrogen) atoms. The number of aliphatic hydroxyl groups excluding tert-OH is 2. The highest BCUT2D eigenvalue weighted by molar-refractivity contribution is 5.69. The standard InChI is InChI=1S/C25H40O4/c1-2-3-4-5-6-7-8-9-10-11-12-13-14-15-16-17-18-19-20-21-25(28)29-23-24(27)22-26/h6-7,9-10,12-13,15-16,18-19,24,26-27H,2-5,8,11,14,17,20-23H2,1H3. The molecular weight excluding hydrogens is 364 g/mol. The fourth-order valence-electron chi connectivity index (χ4n) is 2.35. The van der Waals surface area contributed by atoms with Gasteiger partial charge in [0.1, 0.15) is 12.7 Å². The summed E-state index contributed by atoms with van der Waals surface area (Å²) in [5, 5.41) is 17.7. The van der Waals surface area contributed by atoms with Crippen LogP contribution in [0.3, 0.4) is 0 Å². The zero-order valence-electron chi connectivity index (χ0n) is 18.0. The number of ether oxygens (including phenoxy) is 1. The topological polar surface area (TPSA) is 66.8 Å². The van der Waals surface area contributed by atoms with Crippen LogP contribution in [0.15, 0.2) is 60.8 Å². The lowest BCUT2D eigenvalue weighted by atomic mass is 10.2. The Hall–Kier alpha value is -1.91. The average molecular weight is 405 g/mol. The summed E-state index contributed by atoms with van der Waals surface area (Å²) in [6, 6.07) is 0. The van der Waals surface area contributed by atoms with Crippen molar-refractivity contribution in [2.24, 2.45) is 0 Å². The van der Waals surface area contributed by atoms with E-state index in [9.17, 15) is 4.79 Å². The Bertz CT molecular complexity index is 515. The summed E-state index contributed by atoms with van der Waals surface area (Å²) in [7, 11) is 0. The molecule has 0 rings (SSSR count). The molecule has 0 spiro atoms. The molecule has 0 aromatic rings. The van der Waals surface area contributed by atoms with E-state index in [1.54, 1.807) is 0 Å². The first kappa shape index (κ1) is 27.1. The van der Waals surface area contributed by atoms with Gasteiger partial charge in [-0.05, 0) is 44.9 Å². The van der Waals surface area contributed by atoms with Crippen LogP contribution in [0, 0.1) is 0 Å². The van der Waals surface area contributed by atoms with Crippen molar-refractivity contribution in [3.63, 3.8) is 0 Å². The number of hydrogen-bond acceptors (Lipinski definition) is 4. The van der Waals surface area contributed by atoms with Gasteiger partial charge in [0.25, 0.3) is 0 Å².